The summed E-state index contributed by atoms with van der Waals surface area (Å²) in [5.74, 6) is 3.13. The Bertz CT molecular complexity index is 975. The average molecular weight is 483 g/mol. The van der Waals surface area contributed by atoms with Crippen LogP contribution in [0.2, 0.25) is 0 Å². The van der Waals surface area contributed by atoms with Gasteiger partial charge in [-0.15, -0.1) is 12.3 Å². The summed E-state index contributed by atoms with van der Waals surface area (Å²) < 4.78 is 12.2. The Morgan fingerprint density at radius 3 is 2.71 bits per heavy atom. The van der Waals surface area contributed by atoms with E-state index in [1.807, 2.05) is 0 Å². The van der Waals surface area contributed by atoms with E-state index in [0.29, 0.717) is 24.7 Å². The van der Waals surface area contributed by atoms with E-state index >= 15 is 0 Å². The van der Waals surface area contributed by atoms with Crippen LogP contribution < -0.4 is 5.32 Å². The first-order chi connectivity index (χ1) is 16.8. The Balaban J connectivity index is 1.28. The number of Topliss-reactive ketones (excluding diaryl/α,β-unsaturated/α-hetero) is 1. The van der Waals surface area contributed by atoms with Crippen LogP contribution in [0.3, 0.4) is 0 Å². The van der Waals surface area contributed by atoms with Gasteiger partial charge in [0.15, 0.2) is 0 Å². The largest absolute Gasteiger partial charge is 0.445 e. The van der Waals surface area contributed by atoms with Crippen molar-refractivity contribution in [2.24, 2.45) is 46.3 Å². The minimum Gasteiger partial charge on any atom is -0.445 e. The van der Waals surface area contributed by atoms with E-state index in [2.05, 4.69) is 23.1 Å². The second kappa shape index (κ2) is 8.31. The molecule has 0 aromatic heterocycles. The summed E-state index contributed by atoms with van der Waals surface area (Å²) in [6.07, 6.45) is 11.4. The number of ether oxygens (including phenoxy) is 2. The van der Waals surface area contributed by atoms with Gasteiger partial charge in [-0.3, -0.25) is 14.9 Å². The Labute approximate surface area is 208 Å². The number of rotatable bonds is 4. The maximum absolute atomic E-state index is 13.7. The Morgan fingerprint density at radius 1 is 1.23 bits per heavy atom. The molecule has 7 heteroatoms. The number of imide groups is 1. The lowest BCUT2D eigenvalue weighted by Gasteiger charge is -2.53. The molecule has 7 nitrogen and oxygen atoms in total. The van der Waals surface area contributed by atoms with Crippen LogP contribution in [0.25, 0.3) is 0 Å². The number of carbonyl (C=O) groups is 3. The molecule has 11 atom stereocenters. The quantitative estimate of drug-likeness (QED) is 0.620. The van der Waals surface area contributed by atoms with E-state index in [0.717, 1.165) is 58.2 Å². The van der Waals surface area contributed by atoms with Crippen LogP contribution >= 0.6 is 0 Å². The maximum atomic E-state index is 13.7. The predicted octanol–water partition coefficient (Wildman–Crippen LogP) is 3.02. The van der Waals surface area contributed by atoms with E-state index in [1.165, 1.54) is 0 Å². The molecule has 4 bridgehead atoms. The fourth-order valence-corrected chi connectivity index (χ4v) is 9.53. The van der Waals surface area contributed by atoms with E-state index in [1.54, 1.807) is 7.11 Å². The van der Waals surface area contributed by atoms with Crippen LogP contribution in [0.1, 0.15) is 58.3 Å². The SMILES string of the molecule is C#CCC1C[C@@H](OC(=O)NC(=O)[C@H]2CN3CC[C@@H]2C3)[C@]23C[C@@H]2CCC2(CC[C@@H](OC)C23)[C@@H](C)C1=O. The number of nitrogens with one attached hydrogen (secondary N) is 1. The van der Waals surface area contributed by atoms with Crippen LogP contribution in [-0.2, 0) is 19.1 Å². The van der Waals surface area contributed by atoms with Crippen molar-refractivity contribution in [3.63, 3.8) is 0 Å². The number of hydrogen-bond donors (Lipinski definition) is 1. The van der Waals surface area contributed by atoms with Gasteiger partial charge >= 0.3 is 6.09 Å². The number of carbonyl (C=O) groups excluding carboxylic acids is 3. The molecule has 6 fully saturated rings. The first-order valence-electron chi connectivity index (χ1n) is 13.6. The second-order valence-corrected chi connectivity index (χ2v) is 12.3. The molecule has 1 N–H and O–H groups in total. The third-order valence-corrected chi connectivity index (χ3v) is 11.2. The van der Waals surface area contributed by atoms with Gasteiger partial charge in [-0.05, 0) is 68.7 Å². The summed E-state index contributed by atoms with van der Waals surface area (Å²) in [6.45, 7) is 4.80. The molecule has 190 valence electrons. The minimum atomic E-state index is -0.665. The molecule has 2 saturated heterocycles. The van der Waals surface area contributed by atoms with Gasteiger partial charge in [-0.1, -0.05) is 6.92 Å². The third kappa shape index (κ3) is 3.35. The predicted molar refractivity (Wildman–Crippen MR) is 128 cm³/mol. The lowest BCUT2D eigenvalue weighted by molar-refractivity contribution is -0.152. The summed E-state index contributed by atoms with van der Waals surface area (Å²) in [7, 11) is 1.77. The van der Waals surface area contributed by atoms with Crippen molar-refractivity contribution in [3.8, 4) is 12.3 Å². The first kappa shape index (κ1) is 23.5. The van der Waals surface area contributed by atoms with Gasteiger partial charge < -0.3 is 14.4 Å². The van der Waals surface area contributed by atoms with Crippen LogP contribution in [0.5, 0.6) is 0 Å². The highest BCUT2D eigenvalue weighted by Gasteiger charge is 2.76. The zero-order valence-corrected chi connectivity index (χ0v) is 21.0. The monoisotopic (exact) mass is 482 g/mol. The van der Waals surface area contributed by atoms with Crippen molar-refractivity contribution >= 4 is 17.8 Å². The summed E-state index contributed by atoms with van der Waals surface area (Å²) in [5.41, 5.74) is -0.306. The molecule has 35 heavy (non-hydrogen) atoms. The van der Waals surface area contributed by atoms with Crippen molar-refractivity contribution in [3.05, 3.63) is 0 Å². The number of hydrogen-bond acceptors (Lipinski definition) is 6. The number of terminal acetylenes is 1. The Hall–Kier alpha value is -1.91. The van der Waals surface area contributed by atoms with Crippen LogP contribution in [0.4, 0.5) is 4.79 Å². The zero-order chi connectivity index (χ0) is 24.5. The smallest absolute Gasteiger partial charge is 0.414 e. The number of piperidine rings is 1. The van der Waals surface area contributed by atoms with Crippen molar-refractivity contribution < 1.29 is 23.9 Å². The van der Waals surface area contributed by atoms with Crippen molar-refractivity contribution in [2.75, 3.05) is 26.7 Å². The summed E-state index contributed by atoms with van der Waals surface area (Å²) in [4.78, 5) is 42.1. The van der Waals surface area contributed by atoms with Gasteiger partial charge in [0.2, 0.25) is 5.91 Å². The fourth-order valence-electron chi connectivity index (χ4n) is 9.53. The molecule has 4 unspecified atom stereocenters. The highest BCUT2D eigenvalue weighted by molar-refractivity contribution is 5.93. The third-order valence-electron chi connectivity index (χ3n) is 11.2. The number of ketones is 1. The van der Waals surface area contributed by atoms with Gasteiger partial charge in [0.25, 0.3) is 0 Å². The first-order valence-corrected chi connectivity index (χ1v) is 13.6. The lowest BCUT2D eigenvalue weighted by Crippen LogP contribution is -2.56. The highest BCUT2D eigenvalue weighted by Crippen LogP contribution is 2.77. The van der Waals surface area contributed by atoms with Gasteiger partial charge in [0, 0.05) is 49.8 Å². The zero-order valence-electron chi connectivity index (χ0n) is 21.0. The highest BCUT2D eigenvalue weighted by atomic mass is 16.6. The van der Waals surface area contributed by atoms with Crippen molar-refractivity contribution in [2.45, 2.75) is 70.5 Å². The molecule has 4 aliphatic carbocycles. The van der Waals surface area contributed by atoms with E-state index < -0.39 is 12.2 Å². The van der Waals surface area contributed by atoms with Gasteiger partial charge in [-0.2, -0.15) is 0 Å². The van der Waals surface area contributed by atoms with Crippen LogP contribution in [0.15, 0.2) is 0 Å². The molecule has 2 heterocycles. The van der Waals surface area contributed by atoms with Crippen molar-refractivity contribution in [1.82, 2.24) is 10.2 Å². The average Bonchev–Trinajstić information content (AvgIpc) is 3.16. The summed E-state index contributed by atoms with van der Waals surface area (Å²) in [5, 5.41) is 2.57. The molecule has 0 radical (unpaired) electrons. The fraction of sp³-hybridized carbons (Fsp3) is 0.821. The Morgan fingerprint density at radius 2 is 2.03 bits per heavy atom. The van der Waals surface area contributed by atoms with Gasteiger partial charge in [0.05, 0.1) is 12.0 Å². The molecule has 6 rings (SSSR count). The number of fused-ring (bicyclic) bond motifs is 2. The molecule has 6 aliphatic rings. The number of alkyl carbamates (subject to hydrolysis) is 1. The second-order valence-electron chi connectivity index (χ2n) is 12.3. The molecular formula is C28H38N2O5. The van der Waals surface area contributed by atoms with Gasteiger partial charge in [-0.25, -0.2) is 4.79 Å². The van der Waals surface area contributed by atoms with E-state index in [-0.39, 0.29) is 52.3 Å². The van der Waals surface area contributed by atoms with Crippen LogP contribution in [-0.4, -0.2) is 61.6 Å². The maximum Gasteiger partial charge on any atom is 0.414 e. The van der Waals surface area contributed by atoms with E-state index in [4.69, 9.17) is 15.9 Å². The standard InChI is InChI=1S/C28H38N2O5/c1-4-5-17-12-22(35-26(33)29-25(32)20-15-30-11-8-18(20)14-30)28-13-19(28)6-9-27(16(2)23(17)31)10-7-21(34-3)24(27)28/h1,16-22,24H,5-15H2,2-3H3,(H,29,32,33)/t16-,17?,18+,19-,20-,21+,22+,24?,27?,28-/m0/s1. The summed E-state index contributed by atoms with van der Waals surface area (Å²) in [6, 6.07) is 0. The molecule has 1 spiro atoms. The molecule has 0 aromatic rings. The van der Waals surface area contributed by atoms with Crippen molar-refractivity contribution in [1.29, 1.82) is 0 Å². The number of nitrogens with zero attached hydrogens (tertiary/aromatic N) is 1. The van der Waals surface area contributed by atoms with Gasteiger partial charge in [0.1, 0.15) is 11.9 Å². The number of amides is 2. The molecule has 0 aromatic carbocycles. The lowest BCUT2D eigenvalue weighted by atomic mass is 9.52. The Kier molecular flexibility index (Phi) is 5.58. The number of methoxy groups -OCH3 is 1. The normalized spacial score (nSPS) is 49.3. The van der Waals surface area contributed by atoms with E-state index in [9.17, 15) is 14.4 Å². The van der Waals surface area contributed by atoms with Crippen LogP contribution in [0, 0.1) is 58.7 Å². The summed E-state index contributed by atoms with van der Waals surface area (Å²) >= 11 is 0. The molecule has 4 saturated carbocycles. The molecular weight excluding hydrogens is 444 g/mol. The molecule has 2 amide bonds. The topological polar surface area (TPSA) is 84.9 Å². The molecule has 2 aliphatic heterocycles. The minimum absolute atomic E-state index is 0.0682.